The number of hydrogen-bond acceptors (Lipinski definition) is 3. The van der Waals surface area contributed by atoms with Crippen molar-refractivity contribution in [3.05, 3.63) is 23.3 Å². The second-order valence-electron chi connectivity index (χ2n) is 4.48. The fourth-order valence-electron chi connectivity index (χ4n) is 2.26. The quantitative estimate of drug-likeness (QED) is 0.856. The normalized spacial score (nSPS) is 16.7. The van der Waals surface area contributed by atoms with Gasteiger partial charge < -0.3 is 15.2 Å². The lowest BCUT2D eigenvalue weighted by molar-refractivity contribution is 0.352. The first-order chi connectivity index (χ1) is 8.20. The number of nitrogens with two attached hydrogens (primary N) is 1. The van der Waals surface area contributed by atoms with Crippen LogP contribution in [0.3, 0.4) is 0 Å². The van der Waals surface area contributed by atoms with Crippen LogP contribution in [0.2, 0.25) is 0 Å². The van der Waals surface area contributed by atoms with Crippen molar-refractivity contribution in [2.75, 3.05) is 20.8 Å². The average Bonchev–Trinajstić information content (AvgIpc) is 3.18. The fourth-order valence-corrected chi connectivity index (χ4v) is 2.26. The molecule has 0 heterocycles. The van der Waals surface area contributed by atoms with Crippen molar-refractivity contribution in [3.63, 3.8) is 0 Å². The molecule has 4 heteroatoms. The van der Waals surface area contributed by atoms with Crippen molar-refractivity contribution < 1.29 is 13.9 Å². The van der Waals surface area contributed by atoms with E-state index in [0.29, 0.717) is 23.6 Å². The molecule has 1 aliphatic carbocycles. The fraction of sp³-hybridized carbons (Fsp3) is 0.538. The number of halogens is 1. The predicted octanol–water partition coefficient (Wildman–Crippen LogP) is 2.16. The van der Waals surface area contributed by atoms with Crippen LogP contribution in [0.25, 0.3) is 0 Å². The van der Waals surface area contributed by atoms with Crippen LogP contribution in [0, 0.1) is 0 Å². The van der Waals surface area contributed by atoms with E-state index in [-0.39, 0.29) is 5.41 Å². The summed E-state index contributed by atoms with van der Waals surface area (Å²) in [6, 6.07) is 3.58. The molecule has 2 N–H and O–H groups in total. The predicted molar refractivity (Wildman–Crippen MR) is 64.3 cm³/mol. The van der Waals surface area contributed by atoms with E-state index in [9.17, 15) is 4.39 Å². The average molecular weight is 239 g/mol. The Morgan fingerprint density at radius 3 is 2.24 bits per heavy atom. The number of methoxy groups -OCH3 is 2. The summed E-state index contributed by atoms with van der Waals surface area (Å²) in [5.41, 5.74) is 7.38. The monoisotopic (exact) mass is 239 g/mol. The van der Waals surface area contributed by atoms with E-state index < -0.39 is 6.67 Å². The molecule has 0 atom stereocenters. The van der Waals surface area contributed by atoms with Crippen molar-refractivity contribution in [2.24, 2.45) is 5.73 Å². The third-order valence-corrected chi connectivity index (χ3v) is 3.57. The van der Waals surface area contributed by atoms with Gasteiger partial charge in [-0.3, -0.25) is 0 Å². The maximum Gasteiger partial charge on any atom is 0.161 e. The summed E-state index contributed by atoms with van der Waals surface area (Å²) in [5.74, 6) is 1.20. The minimum atomic E-state index is -0.503. The third-order valence-electron chi connectivity index (χ3n) is 3.57. The second kappa shape index (κ2) is 4.53. The SMILES string of the molecule is COc1cc(CF)c(C2(CN)CC2)cc1OC. The number of rotatable bonds is 5. The molecule has 0 bridgehead atoms. The lowest BCUT2D eigenvalue weighted by atomic mass is 9.91. The first kappa shape index (κ1) is 12.2. The molecule has 1 aromatic carbocycles. The molecule has 0 aliphatic heterocycles. The highest BCUT2D eigenvalue weighted by atomic mass is 19.1. The summed E-state index contributed by atoms with van der Waals surface area (Å²) < 4.78 is 23.5. The first-order valence-corrected chi connectivity index (χ1v) is 5.72. The van der Waals surface area contributed by atoms with Gasteiger partial charge in [0.15, 0.2) is 11.5 Å². The van der Waals surface area contributed by atoms with Gasteiger partial charge in [-0.15, -0.1) is 0 Å². The molecule has 0 saturated heterocycles. The zero-order valence-corrected chi connectivity index (χ0v) is 10.3. The molecule has 3 nitrogen and oxygen atoms in total. The maximum absolute atomic E-state index is 13.1. The molecule has 94 valence electrons. The Balaban J connectivity index is 2.50. The molecule has 1 fully saturated rings. The highest BCUT2D eigenvalue weighted by Crippen LogP contribution is 2.50. The summed E-state index contributed by atoms with van der Waals surface area (Å²) in [5, 5.41) is 0. The van der Waals surface area contributed by atoms with Crippen LogP contribution >= 0.6 is 0 Å². The Labute approximate surface area is 101 Å². The molecule has 0 unspecified atom stereocenters. The number of hydrogen-bond donors (Lipinski definition) is 1. The van der Waals surface area contributed by atoms with E-state index in [1.165, 1.54) is 0 Å². The van der Waals surface area contributed by atoms with Gasteiger partial charge in [0.05, 0.1) is 14.2 Å². The summed E-state index contributed by atoms with van der Waals surface area (Å²) in [7, 11) is 3.13. The molecule has 2 rings (SSSR count). The van der Waals surface area contributed by atoms with Crippen LogP contribution in [-0.2, 0) is 12.1 Å². The van der Waals surface area contributed by atoms with E-state index in [0.717, 1.165) is 18.4 Å². The maximum atomic E-state index is 13.1. The van der Waals surface area contributed by atoms with Crippen LogP contribution in [0.4, 0.5) is 4.39 Å². The molecular weight excluding hydrogens is 221 g/mol. The van der Waals surface area contributed by atoms with Gasteiger partial charge in [0, 0.05) is 12.0 Å². The molecule has 0 radical (unpaired) electrons. The lowest BCUT2D eigenvalue weighted by Gasteiger charge is -2.19. The molecular formula is C13H18FNO2. The Kier molecular flexibility index (Phi) is 3.24. The lowest BCUT2D eigenvalue weighted by Crippen LogP contribution is -2.21. The topological polar surface area (TPSA) is 44.5 Å². The second-order valence-corrected chi connectivity index (χ2v) is 4.48. The van der Waals surface area contributed by atoms with Crippen molar-refractivity contribution >= 4 is 0 Å². The van der Waals surface area contributed by atoms with Gasteiger partial charge >= 0.3 is 0 Å². The Morgan fingerprint density at radius 1 is 1.24 bits per heavy atom. The van der Waals surface area contributed by atoms with E-state index in [1.807, 2.05) is 6.07 Å². The molecule has 17 heavy (non-hydrogen) atoms. The Morgan fingerprint density at radius 2 is 1.82 bits per heavy atom. The Hall–Kier alpha value is -1.29. The van der Waals surface area contributed by atoms with Crippen molar-refractivity contribution in [1.29, 1.82) is 0 Å². The van der Waals surface area contributed by atoms with Crippen molar-refractivity contribution in [3.8, 4) is 11.5 Å². The van der Waals surface area contributed by atoms with Crippen LogP contribution in [0.15, 0.2) is 12.1 Å². The standard InChI is InChI=1S/C13H18FNO2/c1-16-11-5-9(7-14)10(6-12(11)17-2)13(8-15)3-4-13/h5-6H,3-4,7-8,15H2,1-2H3. The van der Waals surface area contributed by atoms with E-state index in [1.54, 1.807) is 20.3 Å². The van der Waals surface area contributed by atoms with Crippen molar-refractivity contribution in [1.82, 2.24) is 0 Å². The van der Waals surface area contributed by atoms with Gasteiger partial charge in [-0.1, -0.05) is 0 Å². The van der Waals surface area contributed by atoms with E-state index in [4.69, 9.17) is 15.2 Å². The molecule has 0 spiro atoms. The van der Waals surface area contributed by atoms with E-state index in [2.05, 4.69) is 0 Å². The summed E-state index contributed by atoms with van der Waals surface area (Å²) in [6.45, 7) is 0.0485. The smallest absolute Gasteiger partial charge is 0.161 e. The molecule has 1 aliphatic rings. The summed E-state index contributed by atoms with van der Waals surface area (Å²) in [6.07, 6.45) is 2.04. The van der Waals surface area contributed by atoms with Crippen molar-refractivity contribution in [2.45, 2.75) is 24.9 Å². The van der Waals surface area contributed by atoms with Gasteiger partial charge in [0.2, 0.25) is 0 Å². The molecule has 1 saturated carbocycles. The van der Waals surface area contributed by atoms with Gasteiger partial charge in [-0.2, -0.15) is 0 Å². The Bertz CT molecular complexity index is 416. The molecule has 0 amide bonds. The third kappa shape index (κ3) is 1.97. The molecule has 1 aromatic rings. The largest absolute Gasteiger partial charge is 0.493 e. The van der Waals surface area contributed by atoms with Crippen LogP contribution < -0.4 is 15.2 Å². The van der Waals surface area contributed by atoms with Gasteiger partial charge in [-0.25, -0.2) is 4.39 Å². The van der Waals surface area contributed by atoms with Gasteiger partial charge in [-0.05, 0) is 36.1 Å². The minimum Gasteiger partial charge on any atom is -0.493 e. The van der Waals surface area contributed by atoms with Crippen LogP contribution in [0.5, 0.6) is 11.5 Å². The zero-order valence-electron chi connectivity index (χ0n) is 10.3. The van der Waals surface area contributed by atoms with Crippen LogP contribution in [0.1, 0.15) is 24.0 Å². The van der Waals surface area contributed by atoms with Gasteiger partial charge in [0.25, 0.3) is 0 Å². The number of alkyl halides is 1. The number of ether oxygens (including phenoxy) is 2. The minimum absolute atomic E-state index is 0.0407. The van der Waals surface area contributed by atoms with E-state index >= 15 is 0 Å². The highest BCUT2D eigenvalue weighted by Gasteiger charge is 2.44. The molecule has 0 aromatic heterocycles. The number of benzene rings is 1. The first-order valence-electron chi connectivity index (χ1n) is 5.72. The van der Waals surface area contributed by atoms with Gasteiger partial charge in [0.1, 0.15) is 6.67 Å². The summed E-state index contributed by atoms with van der Waals surface area (Å²) in [4.78, 5) is 0. The zero-order chi connectivity index (χ0) is 12.5. The summed E-state index contributed by atoms with van der Waals surface area (Å²) >= 11 is 0. The highest BCUT2D eigenvalue weighted by molar-refractivity contribution is 5.51. The van der Waals surface area contributed by atoms with Crippen LogP contribution in [-0.4, -0.2) is 20.8 Å².